The fourth-order valence-corrected chi connectivity index (χ4v) is 10.9. The number of amides is 1. The van der Waals surface area contributed by atoms with Gasteiger partial charge in [0.15, 0.2) is 0 Å². The topological polar surface area (TPSA) is 70.1 Å². The molecule has 11 heteroatoms. The summed E-state index contributed by atoms with van der Waals surface area (Å²) in [5, 5.41) is 11.0. The molecule has 7 atom stereocenters. The van der Waals surface area contributed by atoms with Crippen molar-refractivity contribution in [2.45, 2.75) is 95.5 Å². The lowest BCUT2D eigenvalue weighted by molar-refractivity contribution is -0.200. The zero-order valence-electron chi connectivity index (χ0n) is 26.7. The Morgan fingerprint density at radius 3 is 2.49 bits per heavy atom. The molecule has 1 unspecified atom stereocenters. The number of carbonyl (C=O) groups excluding carboxylic acids is 1. The first-order valence-corrected chi connectivity index (χ1v) is 18.2. The van der Waals surface area contributed by atoms with Gasteiger partial charge in [-0.15, -0.1) is 0 Å². The number of nitrogens with zero attached hydrogens (tertiary/aromatic N) is 2. The van der Waals surface area contributed by atoms with Gasteiger partial charge in [0.25, 0.3) is 0 Å². The maximum absolute atomic E-state index is 13.6. The van der Waals surface area contributed by atoms with Crippen molar-refractivity contribution in [3.8, 4) is 5.75 Å². The number of fused-ring (bicyclic) bond motifs is 5. The molecule has 1 N–H and O–H groups in total. The molecule has 5 aliphatic rings. The number of ether oxygens (including phenoxy) is 1. The first-order chi connectivity index (χ1) is 21.1. The smallest absolute Gasteiger partial charge is 0.410 e. The van der Waals surface area contributed by atoms with E-state index in [1.54, 1.807) is 4.90 Å². The highest BCUT2D eigenvalue weighted by Crippen LogP contribution is 2.62. The summed E-state index contributed by atoms with van der Waals surface area (Å²) in [7, 11) is 0.728. The van der Waals surface area contributed by atoms with E-state index in [4.69, 9.17) is 4.74 Å². The zero-order valence-corrected chi connectivity index (χ0v) is 27.5. The third-order valence-electron chi connectivity index (χ3n) is 12.0. The van der Waals surface area contributed by atoms with Crippen molar-refractivity contribution in [3.05, 3.63) is 29.3 Å². The Morgan fingerprint density at radius 1 is 1.09 bits per heavy atom. The number of benzene rings is 1. The monoisotopic (exact) mass is 656 g/mol. The molecule has 1 amide bonds. The van der Waals surface area contributed by atoms with Crippen LogP contribution in [0, 0.1) is 28.6 Å². The third-order valence-corrected chi connectivity index (χ3v) is 13.5. The van der Waals surface area contributed by atoms with Crippen LogP contribution in [-0.2, 0) is 17.2 Å². The number of aliphatic hydroxyl groups excluding tert-OH is 1. The second-order valence-corrected chi connectivity index (χ2v) is 17.0. The van der Waals surface area contributed by atoms with Crippen molar-refractivity contribution in [2.75, 3.05) is 44.7 Å². The number of alkyl halides is 4. The van der Waals surface area contributed by atoms with E-state index < -0.39 is 29.1 Å². The minimum Gasteiger partial charge on any atom is -0.410 e. The molecule has 2 saturated carbocycles. The van der Waals surface area contributed by atoms with E-state index in [9.17, 15) is 31.7 Å². The van der Waals surface area contributed by atoms with Crippen LogP contribution in [0.2, 0.25) is 0 Å². The second-order valence-electron chi connectivity index (χ2n) is 15.3. The fraction of sp³-hybridized carbons (Fsp3) is 0.794. The molecule has 2 heterocycles. The quantitative estimate of drug-likeness (QED) is 0.292. The molecule has 0 bridgehead atoms. The molecule has 1 aromatic rings. The summed E-state index contributed by atoms with van der Waals surface area (Å²) in [4.78, 5) is 16.9. The molecule has 252 valence electrons. The second kappa shape index (κ2) is 12.1. The van der Waals surface area contributed by atoms with Gasteiger partial charge in [-0.1, -0.05) is 13.0 Å². The average Bonchev–Trinajstić information content (AvgIpc) is 3.22. The lowest BCUT2D eigenvalue weighted by Crippen LogP contribution is -2.72. The molecule has 0 radical (unpaired) electrons. The van der Waals surface area contributed by atoms with Gasteiger partial charge in [0.2, 0.25) is 0 Å². The van der Waals surface area contributed by atoms with Gasteiger partial charge in [0.1, 0.15) is 5.75 Å². The molecule has 4 fully saturated rings. The predicted molar refractivity (Wildman–Crippen MR) is 165 cm³/mol. The largest absolute Gasteiger partial charge is 0.415 e. The molecule has 1 spiro atoms. The predicted octanol–water partition coefficient (Wildman–Crippen LogP) is 6.48. The van der Waals surface area contributed by atoms with E-state index in [1.165, 1.54) is 11.1 Å². The minimum atomic E-state index is -4.10. The highest BCUT2D eigenvalue weighted by molar-refractivity contribution is 7.84. The van der Waals surface area contributed by atoms with Gasteiger partial charge in [0, 0.05) is 67.2 Å². The lowest BCUT2D eigenvalue weighted by atomic mass is 9.52. The van der Waals surface area contributed by atoms with Crippen LogP contribution in [0.15, 0.2) is 18.2 Å². The number of carbonyl (C=O) groups is 1. The third kappa shape index (κ3) is 6.31. The highest BCUT2D eigenvalue weighted by atomic mass is 32.2. The highest BCUT2D eigenvalue weighted by Gasteiger charge is 2.57. The number of halogens is 4. The Labute approximate surface area is 266 Å². The van der Waals surface area contributed by atoms with Crippen LogP contribution in [0.5, 0.6) is 5.75 Å². The molecule has 2 aliphatic heterocycles. The average molecular weight is 657 g/mol. The summed E-state index contributed by atoms with van der Waals surface area (Å²) in [6.45, 7) is 5.94. The Bertz CT molecular complexity index is 1290. The van der Waals surface area contributed by atoms with Crippen LogP contribution in [-0.4, -0.2) is 87.9 Å². The summed E-state index contributed by atoms with van der Waals surface area (Å²) < 4.78 is 72.1. The first kappa shape index (κ1) is 33.2. The van der Waals surface area contributed by atoms with Gasteiger partial charge in [0.05, 0.1) is 6.10 Å². The van der Waals surface area contributed by atoms with Crippen LogP contribution in [0.4, 0.5) is 22.4 Å². The summed E-state index contributed by atoms with van der Waals surface area (Å²) in [6, 6.07) is 6.06. The van der Waals surface area contributed by atoms with Crippen LogP contribution < -0.4 is 4.74 Å². The molecule has 6 nitrogen and oxygen atoms in total. The van der Waals surface area contributed by atoms with E-state index in [2.05, 4.69) is 24.9 Å². The van der Waals surface area contributed by atoms with E-state index in [-0.39, 0.29) is 48.0 Å². The van der Waals surface area contributed by atoms with Gasteiger partial charge in [-0.05, 0) is 111 Å². The summed E-state index contributed by atoms with van der Waals surface area (Å²) in [5.41, 5.74) is 2.59. The van der Waals surface area contributed by atoms with Crippen molar-refractivity contribution in [1.29, 1.82) is 0 Å². The lowest BCUT2D eigenvalue weighted by Gasteiger charge is -2.58. The molecule has 3 aliphatic carbocycles. The van der Waals surface area contributed by atoms with E-state index >= 15 is 0 Å². The zero-order chi connectivity index (χ0) is 32.4. The van der Waals surface area contributed by atoms with Crippen LogP contribution >= 0.6 is 0 Å². The van der Waals surface area contributed by atoms with Crippen molar-refractivity contribution in [3.63, 3.8) is 0 Å². The van der Waals surface area contributed by atoms with E-state index in [0.717, 1.165) is 64.7 Å². The summed E-state index contributed by atoms with van der Waals surface area (Å²) in [5.74, 6) is -5.92. The number of rotatable bonds is 10. The Kier molecular flexibility index (Phi) is 8.90. The van der Waals surface area contributed by atoms with Gasteiger partial charge < -0.3 is 19.6 Å². The SMILES string of the molecule is CN1CC2(C1)CN(C(=O)Oc1ccc3c(c1)C[C@@H](CCCS(=O)CCCC(F)(F)C(C)(F)F)[C@@H]1[C@@H]3CC[C@]3(C)[C@@H](O)CC[C@@H]13)C2. The molecule has 45 heavy (non-hydrogen) atoms. The molecule has 0 aromatic heterocycles. The normalized spacial score (nSPS) is 33.1. The Morgan fingerprint density at radius 2 is 1.80 bits per heavy atom. The summed E-state index contributed by atoms with van der Waals surface area (Å²) >= 11 is 0. The van der Waals surface area contributed by atoms with Crippen molar-refractivity contribution >= 4 is 16.9 Å². The molecule has 1 aromatic carbocycles. The first-order valence-electron chi connectivity index (χ1n) is 16.7. The van der Waals surface area contributed by atoms with Gasteiger partial charge in [-0.2, -0.15) is 8.78 Å². The number of aliphatic hydroxyl groups is 1. The standard InChI is InChI=1S/C34H48F4N2O4S/c1-31-13-11-26-25-8-7-24(44-30(42)40-20-33(21-40)18-39(3)19-33)17-23(25)16-22(29(26)27(31)9-10-28(31)41)6-4-14-45(43)15-5-12-34(37,38)32(2,35)36/h7-8,17,22,26-29,41H,4-6,9-16,18-21H2,1-3H3/t22-,26-,27+,28+,29-,31+,45?/m1/s1. The maximum atomic E-state index is 13.6. The van der Waals surface area contributed by atoms with Gasteiger partial charge >= 0.3 is 17.9 Å². The number of hydrogen-bond acceptors (Lipinski definition) is 5. The minimum absolute atomic E-state index is 0.0122. The molecule has 2 saturated heterocycles. The Hall–Kier alpha value is -1.72. The van der Waals surface area contributed by atoms with E-state index in [1.807, 2.05) is 12.1 Å². The molecular weight excluding hydrogens is 608 g/mol. The molecule has 6 rings (SSSR count). The van der Waals surface area contributed by atoms with Crippen LogP contribution in [0.3, 0.4) is 0 Å². The fourth-order valence-electron chi connectivity index (χ4n) is 9.72. The van der Waals surface area contributed by atoms with Gasteiger partial charge in [-0.25, -0.2) is 13.6 Å². The van der Waals surface area contributed by atoms with Crippen LogP contribution in [0.1, 0.15) is 82.3 Å². The maximum Gasteiger partial charge on any atom is 0.415 e. The molecular formula is C34H48F4N2O4S. The van der Waals surface area contributed by atoms with Crippen LogP contribution in [0.25, 0.3) is 0 Å². The van der Waals surface area contributed by atoms with Gasteiger partial charge in [-0.3, -0.25) is 4.21 Å². The number of hydrogen-bond donors (Lipinski definition) is 1. The van der Waals surface area contributed by atoms with E-state index in [0.29, 0.717) is 35.7 Å². The van der Waals surface area contributed by atoms with Crippen molar-refractivity contribution in [1.82, 2.24) is 9.80 Å². The summed E-state index contributed by atoms with van der Waals surface area (Å²) in [6.07, 6.45) is 4.18. The number of likely N-dealkylation sites (tertiary alicyclic amines) is 2. The van der Waals surface area contributed by atoms with Crippen molar-refractivity contribution in [2.24, 2.45) is 28.6 Å². The Balaban J connectivity index is 1.11. The van der Waals surface area contributed by atoms with Crippen molar-refractivity contribution < 1.29 is 36.4 Å².